The SMILES string of the molecule is N#Cc1c(-c2cccc(-c3cc4ccccc4c4ccccc34)c2)cccc1-c1ccccc1-c1nc(-c2ccccc2)nc(-c2ccccc2-c2ccccc2)n1. The fourth-order valence-electron chi connectivity index (χ4n) is 8.08. The summed E-state index contributed by atoms with van der Waals surface area (Å²) in [5.41, 5.74) is 11.1. The first kappa shape index (κ1) is 34.5. The summed E-state index contributed by atoms with van der Waals surface area (Å²) < 4.78 is 0. The van der Waals surface area contributed by atoms with E-state index >= 15 is 0 Å². The molecular formula is C54H34N4. The zero-order valence-corrected chi connectivity index (χ0v) is 31.4. The van der Waals surface area contributed by atoms with E-state index in [1.54, 1.807) is 0 Å². The summed E-state index contributed by atoms with van der Waals surface area (Å²) in [7, 11) is 0. The molecule has 0 fully saturated rings. The molecule has 0 amide bonds. The standard InChI is InChI=1S/C54H34N4/c55-35-51-43(38-22-15-23-39(33-38)50-34-40-21-7-8-25-42(40)44-26-10-11-28-46(44)50)31-16-32-47(51)45-27-12-14-30-49(45)54-57-52(37-19-5-2-6-20-37)56-53(58-54)48-29-13-9-24-41(48)36-17-3-1-4-18-36/h1-34H. The van der Waals surface area contributed by atoms with E-state index in [2.05, 4.69) is 115 Å². The highest BCUT2D eigenvalue weighted by atomic mass is 15.0. The summed E-state index contributed by atoms with van der Waals surface area (Å²) in [5.74, 6) is 1.68. The van der Waals surface area contributed by atoms with E-state index in [1.807, 2.05) is 97.1 Å². The smallest absolute Gasteiger partial charge is 0.164 e. The van der Waals surface area contributed by atoms with Crippen molar-refractivity contribution in [3.63, 3.8) is 0 Å². The van der Waals surface area contributed by atoms with E-state index in [1.165, 1.54) is 21.5 Å². The van der Waals surface area contributed by atoms with Crippen molar-refractivity contribution < 1.29 is 0 Å². The van der Waals surface area contributed by atoms with E-state index in [9.17, 15) is 5.26 Å². The van der Waals surface area contributed by atoms with Crippen LogP contribution in [0.1, 0.15) is 5.56 Å². The molecule has 0 unspecified atom stereocenters. The monoisotopic (exact) mass is 738 g/mol. The van der Waals surface area contributed by atoms with Crippen LogP contribution in [0.15, 0.2) is 206 Å². The molecule has 0 saturated heterocycles. The summed E-state index contributed by atoms with van der Waals surface area (Å²) in [4.78, 5) is 15.4. The Bertz CT molecular complexity index is 3180. The van der Waals surface area contributed by atoms with Crippen molar-refractivity contribution in [2.75, 3.05) is 0 Å². The summed E-state index contributed by atoms with van der Waals surface area (Å²) in [5, 5.41) is 15.8. The third kappa shape index (κ3) is 6.27. The van der Waals surface area contributed by atoms with Crippen LogP contribution in [0.25, 0.3) is 100 Å². The number of nitriles is 1. The fraction of sp³-hybridized carbons (Fsp3) is 0. The molecule has 0 N–H and O–H groups in total. The third-order valence-electron chi connectivity index (χ3n) is 10.8. The quantitative estimate of drug-likeness (QED) is 0.153. The van der Waals surface area contributed by atoms with Crippen LogP contribution in [0.3, 0.4) is 0 Å². The van der Waals surface area contributed by atoms with Crippen LogP contribution < -0.4 is 0 Å². The molecule has 1 aromatic heterocycles. The third-order valence-corrected chi connectivity index (χ3v) is 10.8. The predicted molar refractivity (Wildman–Crippen MR) is 238 cm³/mol. The molecule has 1 heterocycles. The molecule has 0 aliphatic heterocycles. The van der Waals surface area contributed by atoms with Crippen LogP contribution in [0.4, 0.5) is 0 Å². The van der Waals surface area contributed by atoms with Gasteiger partial charge in [0, 0.05) is 27.8 Å². The van der Waals surface area contributed by atoms with Crippen molar-refractivity contribution in [2.45, 2.75) is 0 Å². The largest absolute Gasteiger partial charge is 0.208 e. The van der Waals surface area contributed by atoms with Gasteiger partial charge in [-0.25, -0.2) is 15.0 Å². The topological polar surface area (TPSA) is 62.5 Å². The number of fused-ring (bicyclic) bond motifs is 3. The van der Waals surface area contributed by atoms with E-state index in [4.69, 9.17) is 15.0 Å². The number of hydrogen-bond acceptors (Lipinski definition) is 4. The van der Waals surface area contributed by atoms with Gasteiger partial charge in [0.05, 0.1) is 5.56 Å². The second kappa shape index (κ2) is 14.9. The maximum atomic E-state index is 11.0. The Morgan fingerprint density at radius 3 is 1.47 bits per heavy atom. The van der Waals surface area contributed by atoms with Crippen molar-refractivity contribution >= 4 is 21.5 Å². The lowest BCUT2D eigenvalue weighted by molar-refractivity contribution is 1.07. The zero-order chi connectivity index (χ0) is 38.8. The van der Waals surface area contributed by atoms with E-state index < -0.39 is 0 Å². The maximum absolute atomic E-state index is 11.0. The minimum Gasteiger partial charge on any atom is -0.208 e. The van der Waals surface area contributed by atoms with E-state index in [0.29, 0.717) is 23.0 Å². The number of rotatable bonds is 7. The number of benzene rings is 9. The molecule has 9 aromatic carbocycles. The second-order valence-electron chi connectivity index (χ2n) is 14.2. The maximum Gasteiger partial charge on any atom is 0.164 e. The highest BCUT2D eigenvalue weighted by Crippen LogP contribution is 2.41. The summed E-state index contributed by atoms with van der Waals surface area (Å²) in [6.45, 7) is 0. The lowest BCUT2D eigenvalue weighted by Crippen LogP contribution is -2.02. The van der Waals surface area contributed by atoms with Crippen molar-refractivity contribution in [1.82, 2.24) is 15.0 Å². The Labute approximate surface area is 337 Å². The number of aromatic nitrogens is 3. The molecule has 0 spiro atoms. The Morgan fingerprint density at radius 2 is 0.759 bits per heavy atom. The molecule has 0 saturated carbocycles. The van der Waals surface area contributed by atoms with Crippen molar-refractivity contribution in [3.8, 4) is 84.7 Å². The van der Waals surface area contributed by atoms with Crippen LogP contribution >= 0.6 is 0 Å². The Balaban J connectivity index is 1.13. The first-order valence-electron chi connectivity index (χ1n) is 19.3. The van der Waals surface area contributed by atoms with Gasteiger partial charge < -0.3 is 0 Å². The average Bonchev–Trinajstić information content (AvgIpc) is 3.31. The van der Waals surface area contributed by atoms with Crippen LogP contribution in [0, 0.1) is 11.3 Å². The van der Waals surface area contributed by atoms with Crippen LogP contribution in [-0.2, 0) is 0 Å². The Morgan fingerprint density at radius 1 is 0.293 bits per heavy atom. The highest BCUT2D eigenvalue weighted by molar-refractivity contribution is 6.14. The zero-order valence-electron chi connectivity index (χ0n) is 31.4. The van der Waals surface area contributed by atoms with Gasteiger partial charge in [-0.1, -0.05) is 194 Å². The van der Waals surface area contributed by atoms with Gasteiger partial charge >= 0.3 is 0 Å². The van der Waals surface area contributed by atoms with Gasteiger partial charge in [-0.2, -0.15) is 5.26 Å². The lowest BCUT2D eigenvalue weighted by Gasteiger charge is -2.16. The first-order valence-corrected chi connectivity index (χ1v) is 19.3. The molecule has 4 heteroatoms. The van der Waals surface area contributed by atoms with Crippen molar-refractivity contribution in [1.29, 1.82) is 5.26 Å². The van der Waals surface area contributed by atoms with Crippen molar-refractivity contribution in [3.05, 3.63) is 212 Å². The molecule has 10 aromatic rings. The van der Waals surface area contributed by atoms with Crippen LogP contribution in [0.2, 0.25) is 0 Å². The molecule has 270 valence electrons. The van der Waals surface area contributed by atoms with Gasteiger partial charge in [-0.15, -0.1) is 0 Å². The first-order chi connectivity index (χ1) is 28.7. The fourth-order valence-corrected chi connectivity index (χ4v) is 8.08. The molecule has 10 rings (SSSR count). The van der Waals surface area contributed by atoms with Gasteiger partial charge in [0.1, 0.15) is 6.07 Å². The predicted octanol–water partition coefficient (Wildman–Crippen LogP) is 13.7. The number of hydrogen-bond donors (Lipinski definition) is 0. The Kier molecular flexibility index (Phi) is 8.87. The molecular weight excluding hydrogens is 705 g/mol. The summed E-state index contributed by atoms with van der Waals surface area (Å²) in [6.07, 6.45) is 0. The van der Waals surface area contributed by atoms with Gasteiger partial charge in [0.25, 0.3) is 0 Å². The highest BCUT2D eigenvalue weighted by Gasteiger charge is 2.20. The molecule has 0 radical (unpaired) electrons. The van der Waals surface area contributed by atoms with Gasteiger partial charge in [0.2, 0.25) is 0 Å². The molecule has 0 bridgehead atoms. The van der Waals surface area contributed by atoms with E-state index in [0.717, 1.165) is 61.2 Å². The minimum atomic E-state index is 0.529. The summed E-state index contributed by atoms with van der Waals surface area (Å²) in [6, 6.07) is 73.2. The van der Waals surface area contributed by atoms with Gasteiger partial charge in [0.15, 0.2) is 17.5 Å². The molecule has 58 heavy (non-hydrogen) atoms. The minimum absolute atomic E-state index is 0.529. The van der Waals surface area contributed by atoms with Crippen molar-refractivity contribution in [2.24, 2.45) is 0 Å². The van der Waals surface area contributed by atoms with Crippen LogP contribution in [-0.4, -0.2) is 15.0 Å². The average molecular weight is 739 g/mol. The molecule has 0 aliphatic rings. The van der Waals surface area contributed by atoms with Gasteiger partial charge in [-0.3, -0.25) is 0 Å². The summed E-state index contributed by atoms with van der Waals surface area (Å²) >= 11 is 0. The Hall–Kier alpha value is -8.00. The van der Waals surface area contributed by atoms with E-state index in [-0.39, 0.29) is 0 Å². The lowest BCUT2D eigenvalue weighted by atomic mass is 9.88. The van der Waals surface area contributed by atoms with Gasteiger partial charge in [-0.05, 0) is 67.1 Å². The van der Waals surface area contributed by atoms with Crippen LogP contribution in [0.5, 0.6) is 0 Å². The normalized spacial score (nSPS) is 11.1. The number of nitrogens with zero attached hydrogens (tertiary/aromatic N) is 4. The second-order valence-corrected chi connectivity index (χ2v) is 14.2. The molecule has 4 nitrogen and oxygen atoms in total. The molecule has 0 aliphatic carbocycles. The molecule has 0 atom stereocenters.